The van der Waals surface area contributed by atoms with Gasteiger partial charge in [-0.05, 0) is 7.05 Å². The second kappa shape index (κ2) is 4.79. The van der Waals surface area contributed by atoms with Crippen molar-refractivity contribution >= 4 is 17.5 Å². The fourth-order valence-corrected chi connectivity index (χ4v) is 1.71. The van der Waals surface area contributed by atoms with Crippen LogP contribution in [0, 0.1) is 0 Å². The van der Waals surface area contributed by atoms with Crippen LogP contribution in [-0.4, -0.2) is 66.0 Å². The van der Waals surface area contributed by atoms with Crippen LogP contribution in [0.25, 0.3) is 0 Å². The molecular formula is C8H15ClN2O2. The van der Waals surface area contributed by atoms with Crippen molar-refractivity contribution in [3.8, 4) is 0 Å². The molecule has 1 N–H and O–H groups in total. The highest BCUT2D eigenvalue weighted by molar-refractivity contribution is 6.27. The monoisotopic (exact) mass is 206 g/mol. The highest BCUT2D eigenvalue weighted by Crippen LogP contribution is 2.12. The van der Waals surface area contributed by atoms with E-state index >= 15 is 0 Å². The van der Waals surface area contributed by atoms with E-state index in [1.807, 2.05) is 7.05 Å². The van der Waals surface area contributed by atoms with Gasteiger partial charge >= 0.3 is 0 Å². The molecule has 1 rings (SSSR count). The molecular weight excluding hydrogens is 192 g/mol. The molecule has 4 nitrogen and oxygen atoms in total. The summed E-state index contributed by atoms with van der Waals surface area (Å²) in [6.45, 7) is 2.15. The zero-order chi connectivity index (χ0) is 9.84. The first-order chi connectivity index (χ1) is 6.19. The fourth-order valence-electron chi connectivity index (χ4n) is 1.56. The molecule has 5 heteroatoms. The first kappa shape index (κ1) is 10.8. The van der Waals surface area contributed by atoms with Gasteiger partial charge in [0.15, 0.2) is 0 Å². The Morgan fingerprint density at radius 3 is 2.69 bits per heavy atom. The number of nitrogens with zero attached hydrogens (tertiary/aromatic N) is 2. The predicted molar refractivity (Wildman–Crippen MR) is 50.8 cm³/mol. The number of hydrogen-bond acceptors (Lipinski definition) is 3. The van der Waals surface area contributed by atoms with Gasteiger partial charge in [0.2, 0.25) is 5.91 Å². The highest BCUT2D eigenvalue weighted by atomic mass is 35.5. The number of hydrogen-bond donors (Lipinski definition) is 1. The minimum Gasteiger partial charge on any atom is -0.395 e. The molecule has 0 aromatic rings. The summed E-state index contributed by atoms with van der Waals surface area (Å²) in [4.78, 5) is 15.1. The molecule has 0 radical (unpaired) electrons. The molecule has 0 aromatic carbocycles. The third kappa shape index (κ3) is 2.56. The summed E-state index contributed by atoms with van der Waals surface area (Å²) >= 11 is 5.46. The number of likely N-dealkylation sites (tertiary alicyclic amines) is 1. The summed E-state index contributed by atoms with van der Waals surface area (Å²) in [7, 11) is 2.00. The molecule has 1 amide bonds. The molecule has 76 valence electrons. The molecule has 0 bridgehead atoms. The van der Waals surface area contributed by atoms with Crippen molar-refractivity contribution in [3.05, 3.63) is 0 Å². The lowest BCUT2D eigenvalue weighted by Gasteiger charge is -2.43. The Balaban J connectivity index is 2.42. The summed E-state index contributed by atoms with van der Waals surface area (Å²) in [5.74, 6) is -0.0888. The average molecular weight is 207 g/mol. The van der Waals surface area contributed by atoms with Gasteiger partial charge in [0, 0.05) is 19.6 Å². The first-order valence-corrected chi connectivity index (χ1v) is 4.87. The Hall–Kier alpha value is -0.320. The van der Waals surface area contributed by atoms with Crippen molar-refractivity contribution in [2.45, 2.75) is 6.04 Å². The lowest BCUT2D eigenvalue weighted by molar-refractivity contribution is -0.134. The van der Waals surface area contributed by atoms with Gasteiger partial charge in [-0.1, -0.05) is 0 Å². The number of rotatable bonds is 4. The van der Waals surface area contributed by atoms with Crippen molar-refractivity contribution in [1.82, 2.24) is 9.80 Å². The zero-order valence-electron chi connectivity index (χ0n) is 7.74. The normalized spacial score (nSPS) is 18.4. The standard InChI is InChI=1S/C8H15ClN2O2/c1-10-5-7(6-10)11(2-3-12)8(13)4-9/h7,12H,2-6H2,1H3. The van der Waals surface area contributed by atoms with Gasteiger partial charge in [-0.2, -0.15) is 0 Å². The number of amides is 1. The molecule has 1 aliphatic heterocycles. The van der Waals surface area contributed by atoms with E-state index in [4.69, 9.17) is 16.7 Å². The van der Waals surface area contributed by atoms with Crippen LogP contribution in [-0.2, 0) is 4.79 Å². The molecule has 0 aliphatic carbocycles. The molecule has 1 heterocycles. The first-order valence-electron chi connectivity index (χ1n) is 4.34. The van der Waals surface area contributed by atoms with E-state index in [9.17, 15) is 4.79 Å². The second-order valence-corrected chi connectivity index (χ2v) is 3.59. The number of likely N-dealkylation sites (N-methyl/N-ethyl adjacent to an activating group) is 1. The van der Waals surface area contributed by atoms with Crippen LogP contribution < -0.4 is 0 Å². The van der Waals surface area contributed by atoms with E-state index in [1.165, 1.54) is 0 Å². The molecule has 1 saturated heterocycles. The van der Waals surface area contributed by atoms with Gasteiger partial charge in [-0.3, -0.25) is 4.79 Å². The van der Waals surface area contributed by atoms with E-state index in [2.05, 4.69) is 4.90 Å². The summed E-state index contributed by atoms with van der Waals surface area (Å²) in [5, 5.41) is 8.76. The van der Waals surface area contributed by atoms with Crippen LogP contribution in [0.3, 0.4) is 0 Å². The largest absolute Gasteiger partial charge is 0.395 e. The second-order valence-electron chi connectivity index (χ2n) is 3.32. The third-order valence-electron chi connectivity index (χ3n) is 2.26. The average Bonchev–Trinajstić information content (AvgIpc) is 2.08. The number of carbonyl (C=O) groups excluding carboxylic acids is 1. The Bertz CT molecular complexity index is 183. The fraction of sp³-hybridized carbons (Fsp3) is 0.875. The summed E-state index contributed by atoms with van der Waals surface area (Å²) in [5.41, 5.74) is 0. The maximum Gasteiger partial charge on any atom is 0.237 e. The van der Waals surface area contributed by atoms with Crippen LogP contribution in [0.2, 0.25) is 0 Å². The van der Waals surface area contributed by atoms with Gasteiger partial charge in [-0.15, -0.1) is 11.6 Å². The van der Waals surface area contributed by atoms with Gasteiger partial charge in [0.05, 0.1) is 12.6 Å². The lowest BCUT2D eigenvalue weighted by Crippen LogP contribution is -2.60. The molecule has 0 saturated carbocycles. The van der Waals surface area contributed by atoms with Crippen molar-refractivity contribution in [3.63, 3.8) is 0 Å². The number of alkyl halides is 1. The van der Waals surface area contributed by atoms with Crippen LogP contribution in [0.5, 0.6) is 0 Å². The van der Waals surface area contributed by atoms with Crippen molar-refractivity contribution in [2.75, 3.05) is 39.2 Å². The Kier molecular flexibility index (Phi) is 3.96. The molecule has 13 heavy (non-hydrogen) atoms. The van der Waals surface area contributed by atoms with Crippen molar-refractivity contribution in [1.29, 1.82) is 0 Å². The van der Waals surface area contributed by atoms with Gasteiger partial charge < -0.3 is 14.9 Å². The van der Waals surface area contributed by atoms with Gasteiger partial charge in [0.1, 0.15) is 5.88 Å². The molecule has 0 spiro atoms. The van der Waals surface area contributed by atoms with E-state index < -0.39 is 0 Å². The smallest absolute Gasteiger partial charge is 0.237 e. The maximum atomic E-state index is 11.3. The summed E-state index contributed by atoms with van der Waals surface area (Å²) in [6, 6.07) is 0.239. The van der Waals surface area contributed by atoms with Crippen molar-refractivity contribution < 1.29 is 9.90 Å². The van der Waals surface area contributed by atoms with Gasteiger partial charge in [0.25, 0.3) is 0 Å². The Morgan fingerprint density at radius 1 is 1.69 bits per heavy atom. The Labute approximate surface area is 83.1 Å². The minimum absolute atomic E-state index is 0.000213. The zero-order valence-corrected chi connectivity index (χ0v) is 8.50. The van der Waals surface area contributed by atoms with E-state index in [0.717, 1.165) is 13.1 Å². The van der Waals surface area contributed by atoms with Crippen LogP contribution in [0.1, 0.15) is 0 Å². The number of carbonyl (C=O) groups is 1. The number of aliphatic hydroxyl groups is 1. The quantitative estimate of drug-likeness (QED) is 0.623. The number of halogens is 1. The highest BCUT2D eigenvalue weighted by Gasteiger charge is 2.31. The maximum absolute atomic E-state index is 11.3. The van der Waals surface area contributed by atoms with E-state index in [1.54, 1.807) is 4.90 Å². The third-order valence-corrected chi connectivity index (χ3v) is 2.49. The topological polar surface area (TPSA) is 43.8 Å². The Morgan fingerprint density at radius 2 is 2.31 bits per heavy atom. The molecule has 0 atom stereocenters. The molecule has 0 aromatic heterocycles. The van der Waals surface area contributed by atoms with Crippen LogP contribution in [0.15, 0.2) is 0 Å². The van der Waals surface area contributed by atoms with E-state index in [0.29, 0.717) is 6.54 Å². The number of aliphatic hydroxyl groups excluding tert-OH is 1. The molecule has 0 unspecified atom stereocenters. The van der Waals surface area contributed by atoms with Gasteiger partial charge in [-0.25, -0.2) is 0 Å². The van der Waals surface area contributed by atoms with Crippen LogP contribution >= 0.6 is 11.6 Å². The minimum atomic E-state index is -0.0891. The summed E-state index contributed by atoms with van der Waals surface area (Å²) in [6.07, 6.45) is 0. The predicted octanol–water partition coefficient (Wildman–Crippen LogP) is -0.640. The van der Waals surface area contributed by atoms with Crippen LogP contribution in [0.4, 0.5) is 0 Å². The van der Waals surface area contributed by atoms with E-state index in [-0.39, 0.29) is 24.4 Å². The SMILES string of the molecule is CN1CC(N(CCO)C(=O)CCl)C1. The molecule has 1 fully saturated rings. The molecule has 1 aliphatic rings. The van der Waals surface area contributed by atoms with Crippen molar-refractivity contribution in [2.24, 2.45) is 0 Å². The lowest BCUT2D eigenvalue weighted by atomic mass is 10.1. The summed E-state index contributed by atoms with van der Waals surface area (Å²) < 4.78 is 0.